The second-order valence-corrected chi connectivity index (χ2v) is 20.9. The molecule has 0 radical (unpaired) electrons. The van der Waals surface area contributed by atoms with Crippen molar-refractivity contribution in [2.24, 2.45) is 0 Å². The number of hydrogen-bond acceptors (Lipinski definition) is 6. The van der Waals surface area contributed by atoms with Gasteiger partial charge in [0, 0.05) is 19.3 Å². The predicted octanol–water partition coefficient (Wildman–Crippen LogP) is 21.2. The van der Waals surface area contributed by atoms with Crippen molar-refractivity contribution in [3.63, 3.8) is 0 Å². The third kappa shape index (κ3) is 58.0. The van der Waals surface area contributed by atoms with Gasteiger partial charge in [0.2, 0.25) is 0 Å². The highest BCUT2D eigenvalue weighted by Crippen LogP contribution is 2.17. The van der Waals surface area contributed by atoms with Crippen molar-refractivity contribution in [1.82, 2.24) is 0 Å². The van der Waals surface area contributed by atoms with Crippen LogP contribution >= 0.6 is 0 Å². The monoisotopic (exact) mass is 1010 g/mol. The summed E-state index contributed by atoms with van der Waals surface area (Å²) >= 11 is 0. The molecule has 0 heterocycles. The summed E-state index contributed by atoms with van der Waals surface area (Å²) in [6.07, 6.45) is 76.7. The summed E-state index contributed by atoms with van der Waals surface area (Å²) in [7, 11) is 0. The largest absolute Gasteiger partial charge is 0.462 e. The highest BCUT2D eigenvalue weighted by atomic mass is 16.6. The second-order valence-electron chi connectivity index (χ2n) is 20.9. The third-order valence-corrected chi connectivity index (χ3v) is 13.8. The maximum absolute atomic E-state index is 12.8. The zero-order chi connectivity index (χ0) is 52.2. The van der Waals surface area contributed by atoms with E-state index in [2.05, 4.69) is 81.5 Å². The van der Waals surface area contributed by atoms with Crippen LogP contribution < -0.4 is 0 Å². The minimum absolute atomic E-state index is 0.0730. The minimum Gasteiger partial charge on any atom is -0.462 e. The van der Waals surface area contributed by atoms with Gasteiger partial charge in [-0.25, -0.2) is 0 Å². The lowest BCUT2D eigenvalue weighted by molar-refractivity contribution is -0.167. The van der Waals surface area contributed by atoms with Crippen molar-refractivity contribution in [2.75, 3.05) is 13.2 Å². The SMILES string of the molecule is CC/C=C\C/C=C\C/C=C\C/C=C\CCCCCCCCCCCCCCCCCCC(=O)OCC(COC(=O)CCCCCCCCCCC)OC(=O)CCCCCCC/C=C\CCCCCCCCC. The van der Waals surface area contributed by atoms with Crippen molar-refractivity contribution >= 4 is 17.9 Å². The molecule has 0 bridgehead atoms. The smallest absolute Gasteiger partial charge is 0.306 e. The van der Waals surface area contributed by atoms with E-state index in [0.717, 1.165) is 89.9 Å². The molecule has 418 valence electrons. The number of unbranched alkanes of at least 4 members (excludes halogenated alkanes) is 36. The molecule has 0 aliphatic rings. The number of hydrogen-bond donors (Lipinski definition) is 0. The van der Waals surface area contributed by atoms with Crippen LogP contribution in [0.3, 0.4) is 0 Å². The topological polar surface area (TPSA) is 78.9 Å². The lowest BCUT2D eigenvalue weighted by Crippen LogP contribution is -2.30. The van der Waals surface area contributed by atoms with Crippen LogP contribution in [-0.4, -0.2) is 37.2 Å². The first-order chi connectivity index (χ1) is 35.5. The molecule has 0 aromatic rings. The molecule has 0 fully saturated rings. The Morgan fingerprint density at radius 2 is 0.542 bits per heavy atom. The van der Waals surface area contributed by atoms with Crippen LogP contribution in [0.4, 0.5) is 0 Å². The molecule has 0 aromatic heterocycles. The average molecular weight is 1010 g/mol. The van der Waals surface area contributed by atoms with Crippen molar-refractivity contribution in [3.8, 4) is 0 Å². The van der Waals surface area contributed by atoms with Gasteiger partial charge in [-0.1, -0.05) is 281 Å². The first-order valence-electron chi connectivity index (χ1n) is 31.3. The number of allylic oxidation sites excluding steroid dienone is 10. The molecule has 0 aliphatic heterocycles. The molecule has 0 aliphatic carbocycles. The predicted molar refractivity (Wildman–Crippen MR) is 312 cm³/mol. The Morgan fingerprint density at radius 1 is 0.292 bits per heavy atom. The van der Waals surface area contributed by atoms with Gasteiger partial charge in [-0.15, -0.1) is 0 Å². The van der Waals surface area contributed by atoms with E-state index in [1.807, 2.05) is 0 Å². The first kappa shape index (κ1) is 69.1. The van der Waals surface area contributed by atoms with Gasteiger partial charge < -0.3 is 14.2 Å². The number of rotatable bonds is 57. The number of carbonyl (C=O) groups is 3. The maximum atomic E-state index is 12.8. The van der Waals surface area contributed by atoms with Crippen LogP contribution in [0.25, 0.3) is 0 Å². The normalized spacial score (nSPS) is 12.4. The Hall–Kier alpha value is -2.89. The van der Waals surface area contributed by atoms with E-state index < -0.39 is 6.10 Å². The van der Waals surface area contributed by atoms with Gasteiger partial charge in [0.1, 0.15) is 13.2 Å². The van der Waals surface area contributed by atoms with E-state index >= 15 is 0 Å². The number of carbonyl (C=O) groups excluding carboxylic acids is 3. The summed E-state index contributed by atoms with van der Waals surface area (Å²) in [6.45, 7) is 6.53. The fraction of sp³-hybridized carbons (Fsp3) is 0.803. The highest BCUT2D eigenvalue weighted by molar-refractivity contribution is 5.71. The van der Waals surface area contributed by atoms with Gasteiger partial charge in [-0.2, -0.15) is 0 Å². The molecule has 6 nitrogen and oxygen atoms in total. The Balaban J connectivity index is 4.12. The Kier molecular flexibility index (Phi) is 58.2. The maximum Gasteiger partial charge on any atom is 0.306 e. The number of ether oxygens (including phenoxy) is 3. The zero-order valence-corrected chi connectivity index (χ0v) is 47.9. The molecule has 0 aromatic carbocycles. The summed E-state index contributed by atoms with van der Waals surface area (Å²) in [5.41, 5.74) is 0. The van der Waals surface area contributed by atoms with Crippen molar-refractivity contribution in [1.29, 1.82) is 0 Å². The molecule has 1 unspecified atom stereocenters. The quantitative estimate of drug-likeness (QED) is 0.0261. The lowest BCUT2D eigenvalue weighted by atomic mass is 10.0. The van der Waals surface area contributed by atoms with Crippen LogP contribution in [0.2, 0.25) is 0 Å². The summed E-state index contributed by atoms with van der Waals surface area (Å²) in [6, 6.07) is 0. The Bertz CT molecular complexity index is 1290. The first-order valence-corrected chi connectivity index (χ1v) is 31.3. The van der Waals surface area contributed by atoms with E-state index in [0.29, 0.717) is 19.3 Å². The fourth-order valence-electron chi connectivity index (χ4n) is 9.08. The van der Waals surface area contributed by atoms with Gasteiger partial charge in [0.05, 0.1) is 0 Å². The standard InChI is InChI=1S/C66H118O6/c1-4-7-10-13-16-19-21-23-25-27-28-29-30-31-32-33-34-35-36-37-38-39-41-42-44-47-50-53-56-59-65(68)71-62-63(61-70-64(67)58-55-52-49-46-18-15-12-9-6-3)72-66(69)60-57-54-51-48-45-43-40-26-24-22-20-17-14-11-8-5-2/h7,10,16,19,23,25-26,28-29,40,63H,4-6,8-9,11-15,17-18,20-22,24,27,30-39,41-62H2,1-3H3/b10-7-,19-16-,25-23-,29-28-,40-26-. The molecular formula is C66H118O6. The van der Waals surface area contributed by atoms with Crippen LogP contribution in [0.15, 0.2) is 60.8 Å². The molecule has 0 N–H and O–H groups in total. The van der Waals surface area contributed by atoms with Gasteiger partial charge in [-0.3, -0.25) is 14.4 Å². The van der Waals surface area contributed by atoms with Crippen LogP contribution in [0.5, 0.6) is 0 Å². The van der Waals surface area contributed by atoms with E-state index in [9.17, 15) is 14.4 Å². The zero-order valence-electron chi connectivity index (χ0n) is 47.9. The van der Waals surface area contributed by atoms with Crippen LogP contribution in [-0.2, 0) is 28.6 Å². The Morgan fingerprint density at radius 3 is 0.861 bits per heavy atom. The molecule has 0 saturated carbocycles. The van der Waals surface area contributed by atoms with E-state index in [1.165, 1.54) is 193 Å². The highest BCUT2D eigenvalue weighted by Gasteiger charge is 2.19. The van der Waals surface area contributed by atoms with Gasteiger partial charge >= 0.3 is 17.9 Å². The van der Waals surface area contributed by atoms with E-state index in [-0.39, 0.29) is 31.1 Å². The summed E-state index contributed by atoms with van der Waals surface area (Å²) in [5.74, 6) is -0.869. The van der Waals surface area contributed by atoms with Gasteiger partial charge in [-0.05, 0) is 83.5 Å². The molecule has 0 spiro atoms. The van der Waals surface area contributed by atoms with Crippen molar-refractivity contribution in [2.45, 2.75) is 329 Å². The average Bonchev–Trinajstić information content (AvgIpc) is 3.38. The molecule has 6 heteroatoms. The molecule has 0 amide bonds. The summed E-state index contributed by atoms with van der Waals surface area (Å²) in [5, 5.41) is 0. The van der Waals surface area contributed by atoms with Crippen molar-refractivity contribution < 1.29 is 28.6 Å². The number of esters is 3. The van der Waals surface area contributed by atoms with Crippen molar-refractivity contribution in [3.05, 3.63) is 60.8 Å². The third-order valence-electron chi connectivity index (χ3n) is 13.8. The van der Waals surface area contributed by atoms with Gasteiger partial charge in [0.25, 0.3) is 0 Å². The lowest BCUT2D eigenvalue weighted by Gasteiger charge is -2.18. The van der Waals surface area contributed by atoms with Crippen LogP contribution in [0, 0.1) is 0 Å². The minimum atomic E-state index is -0.774. The molecule has 1 atom stereocenters. The molecule has 0 saturated heterocycles. The van der Waals surface area contributed by atoms with E-state index in [4.69, 9.17) is 14.2 Å². The van der Waals surface area contributed by atoms with Crippen LogP contribution in [0.1, 0.15) is 323 Å². The molecule has 72 heavy (non-hydrogen) atoms. The Labute approximate surface area is 447 Å². The second kappa shape index (κ2) is 60.7. The molecular weight excluding hydrogens is 889 g/mol. The molecule has 0 rings (SSSR count). The fourth-order valence-corrected chi connectivity index (χ4v) is 9.08. The van der Waals surface area contributed by atoms with E-state index in [1.54, 1.807) is 0 Å². The summed E-state index contributed by atoms with van der Waals surface area (Å²) < 4.78 is 16.9. The van der Waals surface area contributed by atoms with Gasteiger partial charge in [0.15, 0.2) is 6.10 Å². The summed E-state index contributed by atoms with van der Waals surface area (Å²) in [4.78, 5) is 38.1.